The molecule has 1 aromatic carbocycles. The second kappa shape index (κ2) is 6.83. The van der Waals surface area contributed by atoms with E-state index in [0.29, 0.717) is 12.0 Å². The summed E-state index contributed by atoms with van der Waals surface area (Å²) in [6, 6.07) is 9.56. The minimum atomic E-state index is -0.216. The molecule has 1 nitrogen and oxygen atoms in total. The molecule has 4 heteroatoms. The summed E-state index contributed by atoms with van der Waals surface area (Å²) in [5.41, 5.74) is 1.08. The third-order valence-corrected chi connectivity index (χ3v) is 5.02. The zero-order chi connectivity index (χ0) is 14.7. The lowest BCUT2D eigenvalue weighted by Crippen LogP contribution is -2.28. The van der Waals surface area contributed by atoms with Crippen LogP contribution < -0.4 is 5.32 Å². The molecule has 0 bridgehead atoms. The molecule has 1 N–H and O–H groups in total. The van der Waals surface area contributed by atoms with E-state index < -0.39 is 0 Å². The van der Waals surface area contributed by atoms with Crippen molar-refractivity contribution in [3.8, 4) is 0 Å². The van der Waals surface area contributed by atoms with E-state index in [0.717, 1.165) is 10.0 Å². The second-order valence-corrected chi connectivity index (χ2v) is 7.12. The van der Waals surface area contributed by atoms with Gasteiger partial charge < -0.3 is 5.32 Å². The van der Waals surface area contributed by atoms with Crippen LogP contribution in [-0.2, 0) is 0 Å². The molecule has 108 valence electrons. The van der Waals surface area contributed by atoms with Gasteiger partial charge in [0, 0.05) is 21.4 Å². The van der Waals surface area contributed by atoms with Crippen LogP contribution in [0.2, 0.25) is 0 Å². The lowest BCUT2D eigenvalue weighted by Gasteiger charge is -2.26. The summed E-state index contributed by atoms with van der Waals surface area (Å²) in [7, 11) is 0. The molecular weight excluding hydrogens is 337 g/mol. The van der Waals surface area contributed by atoms with E-state index in [-0.39, 0.29) is 11.9 Å². The quantitative estimate of drug-likeness (QED) is 0.725. The number of hydrogen-bond acceptors (Lipinski definition) is 2. The Hall–Kier alpha value is -0.710. The van der Waals surface area contributed by atoms with Crippen molar-refractivity contribution in [2.24, 2.45) is 5.92 Å². The van der Waals surface area contributed by atoms with Gasteiger partial charge in [0.25, 0.3) is 0 Å². The molecular formula is C16H19BrFNS. The van der Waals surface area contributed by atoms with Gasteiger partial charge >= 0.3 is 0 Å². The van der Waals surface area contributed by atoms with Gasteiger partial charge in [-0.25, -0.2) is 4.39 Å². The van der Waals surface area contributed by atoms with Gasteiger partial charge in [-0.1, -0.05) is 41.9 Å². The Kier molecular flexibility index (Phi) is 5.35. The molecule has 2 unspecified atom stereocenters. The molecule has 1 heterocycles. The van der Waals surface area contributed by atoms with Crippen LogP contribution in [0.5, 0.6) is 0 Å². The van der Waals surface area contributed by atoms with Gasteiger partial charge in [-0.2, -0.15) is 0 Å². The standard InChI is InChI=1S/C16H19BrFNS/c1-10(2)16(15-5-4-8-20-15)19-11(3)13-7-6-12(18)9-14(13)17/h4-11,16,19H,1-3H3. The highest BCUT2D eigenvalue weighted by Crippen LogP contribution is 2.31. The molecule has 0 saturated heterocycles. The monoisotopic (exact) mass is 355 g/mol. The lowest BCUT2D eigenvalue weighted by molar-refractivity contribution is 0.378. The van der Waals surface area contributed by atoms with Crippen LogP contribution in [0.3, 0.4) is 0 Å². The van der Waals surface area contributed by atoms with E-state index in [4.69, 9.17) is 0 Å². The van der Waals surface area contributed by atoms with E-state index >= 15 is 0 Å². The first-order valence-electron chi connectivity index (χ1n) is 6.73. The summed E-state index contributed by atoms with van der Waals surface area (Å²) in [4.78, 5) is 1.34. The maximum absolute atomic E-state index is 13.2. The fourth-order valence-corrected chi connectivity index (χ4v) is 3.94. The molecule has 2 aromatic rings. The first-order valence-corrected chi connectivity index (χ1v) is 8.40. The normalized spacial score (nSPS) is 14.5. The molecule has 0 amide bonds. The summed E-state index contributed by atoms with van der Waals surface area (Å²) in [5, 5.41) is 5.76. The highest BCUT2D eigenvalue weighted by molar-refractivity contribution is 9.10. The van der Waals surface area contributed by atoms with Gasteiger partial charge in [-0.15, -0.1) is 11.3 Å². The SMILES string of the molecule is CC(NC(c1cccs1)C(C)C)c1ccc(F)cc1Br. The predicted molar refractivity (Wildman–Crippen MR) is 87.5 cm³/mol. The topological polar surface area (TPSA) is 12.0 Å². The molecule has 0 aliphatic heterocycles. The molecule has 0 spiro atoms. The van der Waals surface area contributed by atoms with Gasteiger partial charge in [-0.05, 0) is 42.0 Å². The van der Waals surface area contributed by atoms with Gasteiger partial charge in [-0.3, -0.25) is 0 Å². The molecule has 0 aliphatic rings. The molecule has 2 rings (SSSR count). The van der Waals surface area contributed by atoms with E-state index in [9.17, 15) is 4.39 Å². The van der Waals surface area contributed by atoms with Crippen LogP contribution in [0, 0.1) is 11.7 Å². The van der Waals surface area contributed by atoms with Gasteiger partial charge in [0.05, 0.1) is 0 Å². The van der Waals surface area contributed by atoms with Crippen molar-refractivity contribution >= 4 is 27.3 Å². The van der Waals surface area contributed by atoms with Crippen molar-refractivity contribution in [3.05, 3.63) is 56.4 Å². The number of halogens is 2. The van der Waals surface area contributed by atoms with Crippen molar-refractivity contribution in [2.75, 3.05) is 0 Å². The van der Waals surface area contributed by atoms with Crippen molar-refractivity contribution in [1.29, 1.82) is 0 Å². The first kappa shape index (κ1) is 15.7. The Morgan fingerprint density at radius 1 is 1.20 bits per heavy atom. The summed E-state index contributed by atoms with van der Waals surface area (Å²) in [6.45, 7) is 6.54. The number of thiophene rings is 1. The molecule has 2 atom stereocenters. The molecule has 0 fully saturated rings. The Morgan fingerprint density at radius 2 is 1.95 bits per heavy atom. The van der Waals surface area contributed by atoms with Crippen molar-refractivity contribution in [1.82, 2.24) is 5.32 Å². The Bertz CT molecular complexity index is 554. The summed E-state index contributed by atoms with van der Waals surface area (Å²) in [6.07, 6.45) is 0. The third-order valence-electron chi connectivity index (χ3n) is 3.37. The predicted octanol–water partition coefficient (Wildman–Crippen LogP) is 5.70. The van der Waals surface area contributed by atoms with Gasteiger partial charge in [0.2, 0.25) is 0 Å². The molecule has 0 saturated carbocycles. The number of hydrogen-bond donors (Lipinski definition) is 1. The number of benzene rings is 1. The van der Waals surface area contributed by atoms with Crippen LogP contribution in [0.4, 0.5) is 4.39 Å². The van der Waals surface area contributed by atoms with E-state index in [1.165, 1.54) is 17.0 Å². The summed E-state index contributed by atoms with van der Waals surface area (Å²) < 4.78 is 14.0. The van der Waals surface area contributed by atoms with Crippen LogP contribution in [-0.4, -0.2) is 0 Å². The minimum Gasteiger partial charge on any atom is -0.302 e. The Balaban J connectivity index is 2.18. The fourth-order valence-electron chi connectivity index (χ4n) is 2.28. The third kappa shape index (κ3) is 3.68. The Morgan fingerprint density at radius 3 is 2.50 bits per heavy atom. The minimum absolute atomic E-state index is 0.152. The lowest BCUT2D eigenvalue weighted by atomic mass is 10.00. The molecule has 1 aromatic heterocycles. The molecule has 20 heavy (non-hydrogen) atoms. The molecule has 0 radical (unpaired) electrons. The van der Waals surface area contributed by atoms with E-state index in [1.54, 1.807) is 11.3 Å². The number of nitrogens with one attached hydrogen (secondary N) is 1. The van der Waals surface area contributed by atoms with Crippen LogP contribution in [0.15, 0.2) is 40.2 Å². The van der Waals surface area contributed by atoms with Gasteiger partial charge in [0.1, 0.15) is 5.82 Å². The smallest absolute Gasteiger partial charge is 0.124 e. The average molecular weight is 356 g/mol. The van der Waals surface area contributed by atoms with Crippen LogP contribution >= 0.6 is 27.3 Å². The van der Waals surface area contributed by atoms with Crippen LogP contribution in [0.1, 0.15) is 43.3 Å². The van der Waals surface area contributed by atoms with E-state index in [2.05, 4.69) is 59.5 Å². The molecule has 0 aliphatic carbocycles. The van der Waals surface area contributed by atoms with Gasteiger partial charge in [0.15, 0.2) is 0 Å². The van der Waals surface area contributed by atoms with Crippen LogP contribution in [0.25, 0.3) is 0 Å². The van der Waals surface area contributed by atoms with Crippen molar-refractivity contribution in [3.63, 3.8) is 0 Å². The zero-order valence-corrected chi connectivity index (χ0v) is 14.3. The summed E-state index contributed by atoms with van der Waals surface area (Å²) in [5.74, 6) is 0.279. The highest BCUT2D eigenvalue weighted by Gasteiger charge is 2.20. The zero-order valence-electron chi connectivity index (χ0n) is 11.9. The fraction of sp³-hybridized carbons (Fsp3) is 0.375. The Labute approximate surface area is 132 Å². The first-order chi connectivity index (χ1) is 9.49. The van der Waals surface area contributed by atoms with E-state index in [1.807, 2.05) is 6.07 Å². The number of rotatable bonds is 5. The average Bonchev–Trinajstić information content (AvgIpc) is 2.88. The maximum atomic E-state index is 13.2. The summed E-state index contributed by atoms with van der Waals surface area (Å²) >= 11 is 5.21. The largest absolute Gasteiger partial charge is 0.302 e. The second-order valence-electron chi connectivity index (χ2n) is 5.29. The van der Waals surface area contributed by atoms with Crippen molar-refractivity contribution < 1.29 is 4.39 Å². The van der Waals surface area contributed by atoms with Crippen molar-refractivity contribution in [2.45, 2.75) is 32.9 Å². The highest BCUT2D eigenvalue weighted by atomic mass is 79.9. The maximum Gasteiger partial charge on any atom is 0.124 e.